The van der Waals surface area contributed by atoms with Crippen molar-refractivity contribution in [3.8, 4) is 5.75 Å². The van der Waals surface area contributed by atoms with Gasteiger partial charge < -0.3 is 10.5 Å². The number of methoxy groups -OCH3 is 1. The third-order valence-electron chi connectivity index (χ3n) is 2.78. The zero-order valence-corrected chi connectivity index (χ0v) is 9.92. The van der Waals surface area contributed by atoms with Crippen LogP contribution in [0.15, 0.2) is 24.3 Å². The first kappa shape index (κ1) is 12.1. The van der Waals surface area contributed by atoms with Gasteiger partial charge in [0.1, 0.15) is 5.75 Å². The van der Waals surface area contributed by atoms with Gasteiger partial charge in [-0.1, -0.05) is 31.9 Å². The van der Waals surface area contributed by atoms with E-state index >= 15 is 0 Å². The molecule has 1 rings (SSSR count). The molecular weight excluding hydrogens is 186 g/mol. The Hall–Kier alpha value is -1.02. The molecule has 2 nitrogen and oxygen atoms in total. The Morgan fingerprint density at radius 3 is 2.73 bits per heavy atom. The highest BCUT2D eigenvalue weighted by molar-refractivity contribution is 5.32. The lowest BCUT2D eigenvalue weighted by Crippen LogP contribution is -2.32. The third kappa shape index (κ3) is 3.24. The average Bonchev–Trinajstić information content (AvgIpc) is 2.26. The Balaban J connectivity index is 2.83. The molecular formula is C13H21NO. The van der Waals surface area contributed by atoms with Crippen LogP contribution in [0.4, 0.5) is 0 Å². The molecule has 0 aromatic heterocycles. The average molecular weight is 207 g/mol. The van der Waals surface area contributed by atoms with E-state index in [1.165, 1.54) is 6.42 Å². The van der Waals surface area contributed by atoms with Crippen LogP contribution in [0, 0.1) is 0 Å². The predicted molar refractivity (Wildman–Crippen MR) is 64.1 cm³/mol. The number of rotatable bonds is 5. The first-order valence-corrected chi connectivity index (χ1v) is 5.53. The van der Waals surface area contributed by atoms with Gasteiger partial charge in [0, 0.05) is 5.54 Å². The van der Waals surface area contributed by atoms with Crippen molar-refractivity contribution in [1.82, 2.24) is 0 Å². The summed E-state index contributed by atoms with van der Waals surface area (Å²) in [5.74, 6) is 0.876. The Morgan fingerprint density at radius 1 is 1.40 bits per heavy atom. The molecule has 0 aliphatic carbocycles. The zero-order valence-electron chi connectivity index (χ0n) is 9.92. The van der Waals surface area contributed by atoms with Crippen LogP contribution < -0.4 is 10.5 Å². The smallest absolute Gasteiger partial charge is 0.119 e. The molecule has 2 N–H and O–H groups in total. The van der Waals surface area contributed by atoms with Gasteiger partial charge in [-0.15, -0.1) is 0 Å². The van der Waals surface area contributed by atoms with Crippen LogP contribution in [0.5, 0.6) is 5.75 Å². The van der Waals surface area contributed by atoms with Gasteiger partial charge in [-0.3, -0.25) is 0 Å². The second kappa shape index (κ2) is 5.17. The summed E-state index contributed by atoms with van der Waals surface area (Å²) >= 11 is 0. The van der Waals surface area contributed by atoms with Crippen LogP contribution >= 0.6 is 0 Å². The highest BCUT2D eigenvalue weighted by Crippen LogP contribution is 2.26. The molecule has 0 saturated heterocycles. The Morgan fingerprint density at radius 2 is 2.13 bits per heavy atom. The van der Waals surface area contributed by atoms with E-state index in [1.807, 2.05) is 18.2 Å². The largest absolute Gasteiger partial charge is 0.497 e. The molecule has 1 atom stereocenters. The van der Waals surface area contributed by atoms with E-state index in [2.05, 4.69) is 19.9 Å². The third-order valence-corrected chi connectivity index (χ3v) is 2.78. The van der Waals surface area contributed by atoms with E-state index in [-0.39, 0.29) is 5.54 Å². The highest BCUT2D eigenvalue weighted by atomic mass is 16.5. The minimum absolute atomic E-state index is 0.245. The van der Waals surface area contributed by atoms with Gasteiger partial charge in [-0.25, -0.2) is 0 Å². The van der Waals surface area contributed by atoms with Crippen molar-refractivity contribution >= 4 is 0 Å². The molecule has 0 aliphatic rings. The summed E-state index contributed by atoms with van der Waals surface area (Å²) in [5.41, 5.74) is 7.20. The van der Waals surface area contributed by atoms with Crippen molar-refractivity contribution in [2.24, 2.45) is 5.73 Å². The summed E-state index contributed by atoms with van der Waals surface area (Å²) in [4.78, 5) is 0. The number of hydrogen-bond donors (Lipinski definition) is 1. The molecule has 0 radical (unpaired) electrons. The molecule has 0 fully saturated rings. The van der Waals surface area contributed by atoms with Crippen LogP contribution in [0.1, 0.15) is 38.7 Å². The molecule has 84 valence electrons. The Bertz CT molecular complexity index is 307. The summed E-state index contributed by atoms with van der Waals surface area (Å²) in [5, 5.41) is 0. The number of hydrogen-bond acceptors (Lipinski definition) is 2. The van der Waals surface area contributed by atoms with Gasteiger partial charge in [0.2, 0.25) is 0 Å². The van der Waals surface area contributed by atoms with Crippen molar-refractivity contribution in [3.63, 3.8) is 0 Å². The number of unbranched alkanes of at least 4 members (excludes halogenated alkanes) is 1. The zero-order chi connectivity index (χ0) is 11.3. The van der Waals surface area contributed by atoms with E-state index in [9.17, 15) is 0 Å². The summed E-state index contributed by atoms with van der Waals surface area (Å²) < 4.78 is 5.20. The van der Waals surface area contributed by atoms with Crippen molar-refractivity contribution in [2.45, 2.75) is 38.6 Å². The first-order chi connectivity index (χ1) is 7.10. The molecule has 0 heterocycles. The molecule has 0 aliphatic heterocycles. The summed E-state index contributed by atoms with van der Waals surface area (Å²) in [6.45, 7) is 4.26. The van der Waals surface area contributed by atoms with E-state index in [0.29, 0.717) is 0 Å². The summed E-state index contributed by atoms with van der Waals surface area (Å²) in [7, 11) is 1.68. The molecule has 1 unspecified atom stereocenters. The van der Waals surface area contributed by atoms with Crippen molar-refractivity contribution in [1.29, 1.82) is 0 Å². The minimum Gasteiger partial charge on any atom is -0.497 e. The minimum atomic E-state index is -0.245. The lowest BCUT2D eigenvalue weighted by molar-refractivity contribution is 0.404. The second-order valence-electron chi connectivity index (χ2n) is 4.25. The maximum atomic E-state index is 6.29. The van der Waals surface area contributed by atoms with Gasteiger partial charge in [0.05, 0.1) is 7.11 Å². The fourth-order valence-electron chi connectivity index (χ4n) is 1.67. The standard InChI is InChI=1S/C13H21NO/c1-4-5-9-13(2,14)11-7-6-8-12(10-11)15-3/h6-8,10H,4-5,9,14H2,1-3H3. The molecule has 15 heavy (non-hydrogen) atoms. The fraction of sp³-hybridized carbons (Fsp3) is 0.538. The molecule has 0 amide bonds. The van der Waals surface area contributed by atoms with Crippen LogP contribution in [0.3, 0.4) is 0 Å². The van der Waals surface area contributed by atoms with E-state index < -0.39 is 0 Å². The van der Waals surface area contributed by atoms with Crippen molar-refractivity contribution < 1.29 is 4.74 Å². The molecule has 0 saturated carbocycles. The second-order valence-corrected chi connectivity index (χ2v) is 4.25. The topological polar surface area (TPSA) is 35.2 Å². The van der Waals surface area contributed by atoms with E-state index in [1.54, 1.807) is 7.11 Å². The van der Waals surface area contributed by atoms with Gasteiger partial charge in [-0.2, -0.15) is 0 Å². The quantitative estimate of drug-likeness (QED) is 0.805. The van der Waals surface area contributed by atoms with E-state index in [4.69, 9.17) is 10.5 Å². The monoisotopic (exact) mass is 207 g/mol. The first-order valence-electron chi connectivity index (χ1n) is 5.53. The fourth-order valence-corrected chi connectivity index (χ4v) is 1.67. The summed E-state index contributed by atoms with van der Waals surface area (Å²) in [6.07, 6.45) is 3.34. The van der Waals surface area contributed by atoms with Crippen LogP contribution in [-0.4, -0.2) is 7.11 Å². The van der Waals surface area contributed by atoms with Crippen LogP contribution in [0.25, 0.3) is 0 Å². The number of ether oxygens (including phenoxy) is 1. The molecule has 2 heteroatoms. The Labute approximate surface area is 92.4 Å². The maximum absolute atomic E-state index is 6.29. The molecule has 1 aromatic carbocycles. The lowest BCUT2D eigenvalue weighted by Gasteiger charge is -2.25. The molecule has 0 bridgehead atoms. The van der Waals surface area contributed by atoms with Crippen molar-refractivity contribution in [2.75, 3.05) is 7.11 Å². The van der Waals surface area contributed by atoms with Gasteiger partial charge in [0.25, 0.3) is 0 Å². The Kier molecular flexibility index (Phi) is 4.15. The summed E-state index contributed by atoms with van der Waals surface area (Å²) in [6, 6.07) is 8.03. The normalized spacial score (nSPS) is 14.7. The maximum Gasteiger partial charge on any atom is 0.119 e. The highest BCUT2D eigenvalue weighted by Gasteiger charge is 2.20. The van der Waals surface area contributed by atoms with Gasteiger partial charge in [-0.05, 0) is 31.0 Å². The predicted octanol–water partition coefficient (Wildman–Crippen LogP) is 3.06. The van der Waals surface area contributed by atoms with E-state index in [0.717, 1.165) is 24.2 Å². The van der Waals surface area contributed by atoms with Gasteiger partial charge >= 0.3 is 0 Å². The van der Waals surface area contributed by atoms with Crippen molar-refractivity contribution in [3.05, 3.63) is 29.8 Å². The van der Waals surface area contributed by atoms with Gasteiger partial charge in [0.15, 0.2) is 0 Å². The lowest BCUT2D eigenvalue weighted by atomic mass is 9.88. The van der Waals surface area contributed by atoms with Crippen LogP contribution in [0.2, 0.25) is 0 Å². The molecule has 1 aromatic rings. The number of nitrogens with two attached hydrogens (primary N) is 1. The van der Waals surface area contributed by atoms with Crippen LogP contribution in [-0.2, 0) is 5.54 Å². The SMILES string of the molecule is CCCCC(C)(N)c1cccc(OC)c1. The molecule has 0 spiro atoms. The number of benzene rings is 1.